The highest BCUT2D eigenvalue weighted by atomic mass is 35.5. The highest BCUT2D eigenvalue weighted by Gasteiger charge is 2.22. The second-order valence-corrected chi connectivity index (χ2v) is 8.51. The van der Waals surface area contributed by atoms with Crippen molar-refractivity contribution in [3.05, 3.63) is 87.9 Å². The number of benzene rings is 3. The van der Waals surface area contributed by atoms with Gasteiger partial charge in [-0.2, -0.15) is 13.5 Å². The third-order valence-corrected chi connectivity index (χ3v) is 5.52. The smallest absolute Gasteiger partial charge is 0.282 e. The molecule has 3 aromatic rings. The van der Waals surface area contributed by atoms with Gasteiger partial charge < -0.3 is 0 Å². The molecule has 9 heteroatoms. The first-order valence-electron chi connectivity index (χ1n) is 8.67. The van der Waals surface area contributed by atoms with Gasteiger partial charge in [-0.15, -0.1) is 0 Å². The lowest BCUT2D eigenvalue weighted by atomic mass is 10.00. The average molecular weight is 463 g/mol. The lowest BCUT2D eigenvalue weighted by Crippen LogP contribution is -2.19. The number of amides is 1. The summed E-state index contributed by atoms with van der Waals surface area (Å²) in [5, 5.41) is 4.07. The zero-order valence-corrected chi connectivity index (χ0v) is 17.7. The summed E-state index contributed by atoms with van der Waals surface area (Å²) in [6.07, 6.45) is 1.53. The molecule has 30 heavy (non-hydrogen) atoms. The number of rotatable bonds is 6. The highest BCUT2D eigenvalue weighted by Crippen LogP contribution is 2.38. The summed E-state index contributed by atoms with van der Waals surface area (Å²) in [6, 6.07) is 18.4. The molecule has 0 bridgehead atoms. The van der Waals surface area contributed by atoms with E-state index in [0.29, 0.717) is 11.1 Å². The minimum atomic E-state index is -4.60. The molecule has 2 N–H and O–H groups in total. The summed E-state index contributed by atoms with van der Waals surface area (Å²) in [6.45, 7) is 0. The van der Waals surface area contributed by atoms with Gasteiger partial charge in [-0.1, -0.05) is 77.8 Å². The summed E-state index contributed by atoms with van der Waals surface area (Å²) in [7, 11) is -4.60. The lowest BCUT2D eigenvalue weighted by molar-refractivity contribution is -0.120. The van der Waals surface area contributed by atoms with Gasteiger partial charge in [-0.05, 0) is 23.3 Å². The van der Waals surface area contributed by atoms with E-state index in [0.717, 1.165) is 11.6 Å². The van der Waals surface area contributed by atoms with Gasteiger partial charge in [0, 0.05) is 16.1 Å². The Morgan fingerprint density at radius 3 is 2.40 bits per heavy atom. The first-order chi connectivity index (χ1) is 14.3. The first kappa shape index (κ1) is 22.0. The SMILES string of the molecule is O=C(Cc1ccccc1)NN=Cc1ccccc1-c1c(Cl)cc(Cl)cc1S(=O)(=O)O. The molecule has 0 unspecified atom stereocenters. The monoisotopic (exact) mass is 462 g/mol. The Kier molecular flexibility index (Phi) is 6.89. The fourth-order valence-corrected chi connectivity index (χ4v) is 4.32. The van der Waals surface area contributed by atoms with Gasteiger partial charge in [-0.3, -0.25) is 9.35 Å². The van der Waals surface area contributed by atoms with E-state index in [4.69, 9.17) is 23.2 Å². The maximum Gasteiger partial charge on any atom is 0.295 e. The van der Waals surface area contributed by atoms with Crippen molar-refractivity contribution in [2.24, 2.45) is 5.10 Å². The Bertz CT molecular complexity index is 1210. The molecule has 0 aliphatic heterocycles. The maximum absolute atomic E-state index is 12.1. The molecular formula is C21H16Cl2N2O4S. The van der Waals surface area contributed by atoms with Crippen molar-refractivity contribution in [2.45, 2.75) is 11.3 Å². The van der Waals surface area contributed by atoms with E-state index < -0.39 is 15.0 Å². The Hall–Kier alpha value is -2.71. The Morgan fingerprint density at radius 2 is 1.70 bits per heavy atom. The molecule has 0 spiro atoms. The largest absolute Gasteiger partial charge is 0.295 e. The molecule has 0 fully saturated rings. The Morgan fingerprint density at radius 1 is 1.03 bits per heavy atom. The molecule has 0 aromatic heterocycles. The van der Waals surface area contributed by atoms with Crippen LogP contribution in [0.5, 0.6) is 0 Å². The highest BCUT2D eigenvalue weighted by molar-refractivity contribution is 7.86. The Balaban J connectivity index is 1.91. The van der Waals surface area contributed by atoms with Crippen LogP contribution in [0.3, 0.4) is 0 Å². The van der Waals surface area contributed by atoms with E-state index in [1.165, 1.54) is 12.3 Å². The summed E-state index contributed by atoms with van der Waals surface area (Å²) in [5.74, 6) is -0.307. The van der Waals surface area contributed by atoms with E-state index in [1.807, 2.05) is 30.3 Å². The Labute approximate surface area is 183 Å². The summed E-state index contributed by atoms with van der Waals surface area (Å²) < 4.78 is 33.4. The quantitative estimate of drug-likeness (QED) is 0.317. The lowest BCUT2D eigenvalue weighted by Gasteiger charge is -2.13. The molecule has 154 valence electrons. The zero-order valence-electron chi connectivity index (χ0n) is 15.4. The zero-order chi connectivity index (χ0) is 21.7. The van der Waals surface area contributed by atoms with E-state index >= 15 is 0 Å². The maximum atomic E-state index is 12.1. The van der Waals surface area contributed by atoms with Crippen LogP contribution in [0.25, 0.3) is 11.1 Å². The summed E-state index contributed by atoms with van der Waals surface area (Å²) >= 11 is 12.2. The topological polar surface area (TPSA) is 95.8 Å². The standard InChI is InChI=1S/C21H16Cl2N2O4S/c22-16-11-18(23)21(19(12-16)30(27,28)29)17-9-5-4-8-15(17)13-24-25-20(26)10-14-6-2-1-3-7-14/h1-9,11-13H,10H2,(H,25,26)(H,27,28,29). The van der Waals surface area contributed by atoms with Gasteiger partial charge in [0.1, 0.15) is 4.90 Å². The van der Waals surface area contributed by atoms with Gasteiger partial charge in [0.25, 0.3) is 10.1 Å². The molecule has 0 aliphatic carbocycles. The minimum Gasteiger partial charge on any atom is -0.282 e. The third kappa shape index (κ3) is 5.46. The van der Waals surface area contributed by atoms with Crippen molar-refractivity contribution in [2.75, 3.05) is 0 Å². The number of hydrogen-bond acceptors (Lipinski definition) is 4. The number of nitrogens with one attached hydrogen (secondary N) is 1. The summed E-state index contributed by atoms with van der Waals surface area (Å²) in [5.41, 5.74) is 4.24. The minimum absolute atomic E-state index is 0.0455. The van der Waals surface area contributed by atoms with Crippen LogP contribution in [0.1, 0.15) is 11.1 Å². The van der Waals surface area contributed by atoms with E-state index in [1.54, 1.807) is 24.3 Å². The van der Waals surface area contributed by atoms with Crippen molar-refractivity contribution < 1.29 is 17.8 Å². The molecule has 0 atom stereocenters. The number of halogens is 2. The molecule has 6 nitrogen and oxygen atoms in total. The van der Waals surface area contributed by atoms with Gasteiger partial charge in [0.15, 0.2) is 0 Å². The third-order valence-electron chi connectivity index (χ3n) is 4.13. The van der Waals surface area contributed by atoms with E-state index in [9.17, 15) is 17.8 Å². The molecule has 0 heterocycles. The van der Waals surface area contributed by atoms with Crippen molar-refractivity contribution in [3.8, 4) is 11.1 Å². The van der Waals surface area contributed by atoms with Gasteiger partial charge in [0.2, 0.25) is 5.91 Å². The van der Waals surface area contributed by atoms with Crippen LogP contribution in [-0.2, 0) is 21.3 Å². The van der Waals surface area contributed by atoms with E-state index in [-0.39, 0.29) is 27.9 Å². The van der Waals surface area contributed by atoms with Crippen LogP contribution < -0.4 is 5.43 Å². The van der Waals surface area contributed by atoms with Crippen molar-refractivity contribution >= 4 is 45.4 Å². The molecular weight excluding hydrogens is 447 g/mol. The number of carbonyl (C=O) groups excluding carboxylic acids is 1. The molecule has 1 amide bonds. The van der Waals surface area contributed by atoms with Crippen LogP contribution in [0.2, 0.25) is 10.0 Å². The fourth-order valence-electron chi connectivity index (χ4n) is 2.85. The van der Waals surface area contributed by atoms with Crippen molar-refractivity contribution in [1.29, 1.82) is 0 Å². The van der Waals surface area contributed by atoms with Gasteiger partial charge >= 0.3 is 0 Å². The average Bonchev–Trinajstić information content (AvgIpc) is 2.68. The molecule has 3 aromatic carbocycles. The second-order valence-electron chi connectivity index (χ2n) is 6.28. The number of nitrogens with zero attached hydrogens (tertiary/aromatic N) is 1. The van der Waals surface area contributed by atoms with Crippen LogP contribution in [0, 0.1) is 0 Å². The molecule has 0 radical (unpaired) electrons. The summed E-state index contributed by atoms with van der Waals surface area (Å²) in [4.78, 5) is 11.6. The molecule has 0 saturated carbocycles. The van der Waals surface area contributed by atoms with Crippen LogP contribution in [-0.4, -0.2) is 25.1 Å². The molecule has 0 aliphatic rings. The fraction of sp³-hybridized carbons (Fsp3) is 0.0476. The molecule has 3 rings (SSSR count). The molecule has 0 saturated heterocycles. The van der Waals surface area contributed by atoms with Crippen LogP contribution in [0.15, 0.2) is 76.7 Å². The van der Waals surface area contributed by atoms with Gasteiger partial charge in [0.05, 0.1) is 17.7 Å². The van der Waals surface area contributed by atoms with Crippen LogP contribution in [0.4, 0.5) is 0 Å². The predicted molar refractivity (Wildman–Crippen MR) is 118 cm³/mol. The number of hydrogen-bond donors (Lipinski definition) is 2. The first-order valence-corrected chi connectivity index (χ1v) is 10.9. The number of hydrazone groups is 1. The van der Waals surface area contributed by atoms with Crippen LogP contribution >= 0.6 is 23.2 Å². The van der Waals surface area contributed by atoms with Crippen molar-refractivity contribution in [3.63, 3.8) is 0 Å². The van der Waals surface area contributed by atoms with E-state index in [2.05, 4.69) is 10.5 Å². The van der Waals surface area contributed by atoms with Gasteiger partial charge in [-0.25, -0.2) is 5.43 Å². The second kappa shape index (κ2) is 9.40. The predicted octanol–water partition coefficient (Wildman–Crippen LogP) is 4.60. The number of carbonyl (C=O) groups is 1. The van der Waals surface area contributed by atoms with Crippen molar-refractivity contribution in [1.82, 2.24) is 5.43 Å². The normalized spacial score (nSPS) is 11.6.